The lowest BCUT2D eigenvalue weighted by molar-refractivity contribution is -0.141. The summed E-state index contributed by atoms with van der Waals surface area (Å²) in [6, 6.07) is 8.19. The van der Waals surface area contributed by atoms with Crippen molar-refractivity contribution < 1.29 is 23.1 Å². The number of aromatic nitrogens is 3. The van der Waals surface area contributed by atoms with Gasteiger partial charge < -0.3 is 14.4 Å². The highest BCUT2D eigenvalue weighted by Crippen LogP contribution is 2.27. The number of halogens is 3. The van der Waals surface area contributed by atoms with E-state index in [1.165, 1.54) is 29.3 Å². The Kier molecular flexibility index (Phi) is 5.67. The predicted octanol–water partition coefficient (Wildman–Crippen LogP) is 2.24. The Labute approximate surface area is 176 Å². The van der Waals surface area contributed by atoms with Gasteiger partial charge in [-0.05, 0) is 17.5 Å². The molecule has 3 aromatic rings. The number of likely N-dealkylation sites (N-methyl/N-ethyl adjacent to an activating group) is 1. The van der Waals surface area contributed by atoms with Crippen LogP contribution >= 0.6 is 0 Å². The van der Waals surface area contributed by atoms with Crippen LogP contribution in [0.2, 0.25) is 0 Å². The molecule has 1 amide bonds. The summed E-state index contributed by atoms with van der Waals surface area (Å²) in [5.74, 6) is -0.486. The molecule has 0 radical (unpaired) electrons. The van der Waals surface area contributed by atoms with E-state index in [2.05, 4.69) is 27.0 Å². The lowest BCUT2D eigenvalue weighted by atomic mass is 10.00. The lowest BCUT2D eigenvalue weighted by Gasteiger charge is -2.31. The van der Waals surface area contributed by atoms with Crippen molar-refractivity contribution in [2.24, 2.45) is 0 Å². The summed E-state index contributed by atoms with van der Waals surface area (Å²) in [6.07, 6.45) is -1.44. The second-order valence-electron chi connectivity index (χ2n) is 7.76. The number of aliphatic hydroxyl groups is 1. The molecule has 0 saturated heterocycles. The SMILES string of the molecule is CN(C[C@H](O)CN1CCc2ccccc2C1)C(=O)c1cn2cc(C(F)(F)F)ncc2n1. The quantitative estimate of drug-likeness (QED) is 0.668. The molecule has 1 aliphatic rings. The van der Waals surface area contributed by atoms with E-state index in [4.69, 9.17) is 0 Å². The highest BCUT2D eigenvalue weighted by Gasteiger charge is 2.33. The molecule has 4 rings (SSSR count). The molecule has 0 bridgehead atoms. The van der Waals surface area contributed by atoms with Crippen LogP contribution in [-0.2, 0) is 19.1 Å². The van der Waals surface area contributed by atoms with Crippen LogP contribution in [0.5, 0.6) is 0 Å². The molecule has 1 N–H and O–H groups in total. The molecule has 1 aliphatic heterocycles. The molecule has 0 aliphatic carbocycles. The number of rotatable bonds is 5. The van der Waals surface area contributed by atoms with Crippen molar-refractivity contribution in [2.45, 2.75) is 25.2 Å². The average molecular weight is 433 g/mol. The molecule has 3 heterocycles. The van der Waals surface area contributed by atoms with E-state index in [0.717, 1.165) is 36.3 Å². The Morgan fingerprint density at radius 3 is 2.74 bits per heavy atom. The normalized spacial score (nSPS) is 15.6. The summed E-state index contributed by atoms with van der Waals surface area (Å²) in [5, 5.41) is 10.5. The first-order chi connectivity index (χ1) is 14.7. The number of amides is 1. The monoisotopic (exact) mass is 433 g/mol. The second kappa shape index (κ2) is 8.27. The van der Waals surface area contributed by atoms with Crippen molar-refractivity contribution in [3.63, 3.8) is 0 Å². The summed E-state index contributed by atoms with van der Waals surface area (Å²) in [6.45, 7) is 2.06. The van der Waals surface area contributed by atoms with Crippen LogP contribution in [0.3, 0.4) is 0 Å². The Morgan fingerprint density at radius 1 is 1.26 bits per heavy atom. The van der Waals surface area contributed by atoms with E-state index in [0.29, 0.717) is 6.54 Å². The minimum Gasteiger partial charge on any atom is -0.390 e. The fourth-order valence-electron chi connectivity index (χ4n) is 3.81. The zero-order valence-electron chi connectivity index (χ0n) is 16.9. The first kappa shape index (κ1) is 21.3. The summed E-state index contributed by atoms with van der Waals surface area (Å²) >= 11 is 0. The molecular formula is C21H22F3N5O2. The molecule has 164 valence electrons. The minimum absolute atomic E-state index is 0.0114. The molecule has 0 fully saturated rings. The van der Waals surface area contributed by atoms with Crippen molar-refractivity contribution in [3.8, 4) is 0 Å². The third-order valence-corrected chi connectivity index (χ3v) is 5.36. The second-order valence-corrected chi connectivity index (χ2v) is 7.76. The maximum absolute atomic E-state index is 12.8. The molecule has 2 aromatic heterocycles. The zero-order chi connectivity index (χ0) is 22.2. The first-order valence-corrected chi connectivity index (χ1v) is 9.85. The van der Waals surface area contributed by atoms with Crippen LogP contribution in [0.4, 0.5) is 13.2 Å². The van der Waals surface area contributed by atoms with Crippen LogP contribution in [-0.4, -0.2) is 68.0 Å². The van der Waals surface area contributed by atoms with Gasteiger partial charge in [-0.2, -0.15) is 13.2 Å². The third-order valence-electron chi connectivity index (χ3n) is 5.36. The molecular weight excluding hydrogens is 411 g/mol. The van der Waals surface area contributed by atoms with E-state index in [1.54, 1.807) is 0 Å². The maximum Gasteiger partial charge on any atom is 0.434 e. The van der Waals surface area contributed by atoms with Crippen LogP contribution in [0.25, 0.3) is 5.65 Å². The van der Waals surface area contributed by atoms with Crippen LogP contribution < -0.4 is 0 Å². The van der Waals surface area contributed by atoms with E-state index < -0.39 is 23.9 Å². The smallest absolute Gasteiger partial charge is 0.390 e. The number of imidazole rings is 1. The first-order valence-electron chi connectivity index (χ1n) is 9.85. The summed E-state index contributed by atoms with van der Waals surface area (Å²) in [7, 11) is 1.53. The highest BCUT2D eigenvalue weighted by molar-refractivity contribution is 5.92. The molecule has 10 heteroatoms. The Morgan fingerprint density at radius 2 is 2.00 bits per heavy atom. The van der Waals surface area contributed by atoms with Gasteiger partial charge in [-0.1, -0.05) is 24.3 Å². The minimum atomic E-state index is -4.58. The highest BCUT2D eigenvalue weighted by atomic mass is 19.4. The molecule has 0 spiro atoms. The zero-order valence-corrected chi connectivity index (χ0v) is 16.9. The number of aliphatic hydroxyl groups excluding tert-OH is 1. The van der Waals surface area contributed by atoms with Gasteiger partial charge in [0, 0.05) is 45.6 Å². The number of benzene rings is 1. The topological polar surface area (TPSA) is 74.0 Å². The number of carbonyl (C=O) groups is 1. The van der Waals surface area contributed by atoms with Gasteiger partial charge >= 0.3 is 6.18 Å². The van der Waals surface area contributed by atoms with Gasteiger partial charge in [-0.15, -0.1) is 0 Å². The van der Waals surface area contributed by atoms with Crippen molar-refractivity contribution in [2.75, 3.05) is 26.7 Å². The average Bonchev–Trinajstić information content (AvgIpc) is 3.15. The van der Waals surface area contributed by atoms with Gasteiger partial charge in [0.2, 0.25) is 0 Å². The van der Waals surface area contributed by atoms with E-state index in [-0.39, 0.29) is 17.9 Å². The Bertz CT molecular complexity index is 1100. The van der Waals surface area contributed by atoms with Gasteiger partial charge in [0.25, 0.3) is 5.91 Å². The van der Waals surface area contributed by atoms with E-state index >= 15 is 0 Å². The number of β-amino-alcohol motifs (C(OH)–C–C–N with tert-alkyl or cyclic N) is 1. The van der Waals surface area contributed by atoms with E-state index in [1.807, 2.05) is 12.1 Å². The number of nitrogens with zero attached hydrogens (tertiary/aromatic N) is 5. The van der Waals surface area contributed by atoms with Gasteiger partial charge in [0.1, 0.15) is 5.69 Å². The molecule has 0 unspecified atom stereocenters. The van der Waals surface area contributed by atoms with Gasteiger partial charge in [-0.3, -0.25) is 9.69 Å². The molecule has 0 saturated carbocycles. The molecule has 31 heavy (non-hydrogen) atoms. The number of hydrogen-bond donors (Lipinski definition) is 1. The number of alkyl halides is 3. The third kappa shape index (κ3) is 4.70. The summed E-state index contributed by atoms with van der Waals surface area (Å²) in [4.78, 5) is 23.5. The molecule has 7 nitrogen and oxygen atoms in total. The predicted molar refractivity (Wildman–Crippen MR) is 106 cm³/mol. The number of carbonyl (C=O) groups excluding carboxylic acids is 1. The number of hydrogen-bond acceptors (Lipinski definition) is 5. The van der Waals surface area contributed by atoms with Crippen molar-refractivity contribution in [1.82, 2.24) is 24.2 Å². The molecule has 1 aromatic carbocycles. The largest absolute Gasteiger partial charge is 0.434 e. The Balaban J connectivity index is 1.38. The van der Waals surface area contributed by atoms with Gasteiger partial charge in [0.05, 0.1) is 12.3 Å². The van der Waals surface area contributed by atoms with Crippen LogP contribution in [0.15, 0.2) is 42.9 Å². The van der Waals surface area contributed by atoms with Crippen molar-refractivity contribution >= 4 is 11.6 Å². The van der Waals surface area contributed by atoms with Crippen LogP contribution in [0, 0.1) is 0 Å². The fourth-order valence-corrected chi connectivity index (χ4v) is 3.81. The van der Waals surface area contributed by atoms with E-state index in [9.17, 15) is 23.1 Å². The van der Waals surface area contributed by atoms with Crippen molar-refractivity contribution in [3.05, 3.63) is 65.4 Å². The van der Waals surface area contributed by atoms with Gasteiger partial charge in [-0.25, -0.2) is 9.97 Å². The lowest BCUT2D eigenvalue weighted by Crippen LogP contribution is -2.42. The number of fused-ring (bicyclic) bond motifs is 2. The standard InChI is InChI=1S/C21H22F3N5O2/c1-27(10-16(30)11-28-7-6-14-4-2-3-5-15(14)9-28)20(31)17-12-29-13-18(21(22,23)24)25-8-19(29)26-17/h2-5,8,12-13,16,30H,6-7,9-11H2,1H3/t16-/m0/s1. The van der Waals surface area contributed by atoms with Crippen molar-refractivity contribution in [1.29, 1.82) is 0 Å². The summed E-state index contributed by atoms with van der Waals surface area (Å²) < 4.78 is 39.6. The molecule has 1 atom stereocenters. The van der Waals surface area contributed by atoms with Gasteiger partial charge in [0.15, 0.2) is 11.3 Å². The fraction of sp³-hybridized carbons (Fsp3) is 0.381. The summed E-state index contributed by atoms with van der Waals surface area (Å²) in [5.41, 5.74) is 1.61. The Hall–Kier alpha value is -2.98. The van der Waals surface area contributed by atoms with Crippen LogP contribution in [0.1, 0.15) is 27.3 Å². The maximum atomic E-state index is 12.8.